The van der Waals surface area contributed by atoms with E-state index in [2.05, 4.69) is 15.6 Å². The number of nitro groups is 1. The molecule has 0 amide bonds. The summed E-state index contributed by atoms with van der Waals surface area (Å²) >= 11 is 0. The van der Waals surface area contributed by atoms with Crippen LogP contribution in [0, 0.1) is 10.1 Å². The van der Waals surface area contributed by atoms with Crippen LogP contribution in [0.5, 0.6) is 0 Å². The molecule has 2 N–H and O–H groups in total. The van der Waals surface area contributed by atoms with E-state index >= 15 is 0 Å². The SMILES string of the molecule is CCNC(=NCc1ccc(C(F)(F)F)cc1)NCc1ccc([N+](=O)[O-])cc1. The van der Waals surface area contributed by atoms with Gasteiger partial charge < -0.3 is 10.6 Å². The van der Waals surface area contributed by atoms with Gasteiger partial charge in [0.15, 0.2) is 5.96 Å². The zero-order chi connectivity index (χ0) is 19.9. The van der Waals surface area contributed by atoms with Crippen molar-refractivity contribution < 1.29 is 18.1 Å². The quantitative estimate of drug-likeness (QED) is 0.345. The first-order valence-electron chi connectivity index (χ1n) is 8.21. The smallest absolute Gasteiger partial charge is 0.357 e. The maximum atomic E-state index is 12.6. The lowest BCUT2D eigenvalue weighted by Crippen LogP contribution is -2.36. The van der Waals surface area contributed by atoms with E-state index in [4.69, 9.17) is 0 Å². The average molecular weight is 380 g/mol. The van der Waals surface area contributed by atoms with Crippen LogP contribution in [0.1, 0.15) is 23.6 Å². The molecule has 144 valence electrons. The Balaban J connectivity index is 1.98. The molecule has 0 aliphatic heterocycles. The summed E-state index contributed by atoms with van der Waals surface area (Å²) in [5.74, 6) is 0.496. The number of nitrogens with one attached hydrogen (secondary N) is 2. The van der Waals surface area contributed by atoms with E-state index in [1.807, 2.05) is 6.92 Å². The van der Waals surface area contributed by atoms with Crippen molar-refractivity contribution in [3.05, 3.63) is 75.3 Å². The second-order valence-electron chi connectivity index (χ2n) is 5.67. The lowest BCUT2D eigenvalue weighted by Gasteiger charge is -2.12. The van der Waals surface area contributed by atoms with Crippen molar-refractivity contribution in [1.82, 2.24) is 10.6 Å². The molecule has 2 rings (SSSR count). The van der Waals surface area contributed by atoms with Gasteiger partial charge in [0.25, 0.3) is 5.69 Å². The second-order valence-corrected chi connectivity index (χ2v) is 5.67. The van der Waals surface area contributed by atoms with Gasteiger partial charge in [-0.1, -0.05) is 24.3 Å². The summed E-state index contributed by atoms with van der Waals surface area (Å²) in [4.78, 5) is 14.5. The molecule has 0 spiro atoms. The zero-order valence-corrected chi connectivity index (χ0v) is 14.6. The second kappa shape index (κ2) is 9.02. The van der Waals surface area contributed by atoms with Gasteiger partial charge in [0, 0.05) is 25.2 Å². The van der Waals surface area contributed by atoms with Crippen LogP contribution in [0.15, 0.2) is 53.5 Å². The standard InChI is InChI=1S/C18H19F3N4O2/c1-2-22-17(24-12-14-5-9-16(10-6-14)25(26)27)23-11-13-3-7-15(8-4-13)18(19,20)21/h3-10H,2,11-12H2,1H3,(H2,22,23,24). The summed E-state index contributed by atoms with van der Waals surface area (Å²) < 4.78 is 37.7. The van der Waals surface area contributed by atoms with Crippen LogP contribution >= 0.6 is 0 Å². The summed E-state index contributed by atoms with van der Waals surface area (Å²) in [5.41, 5.74) is 0.802. The first-order chi connectivity index (χ1) is 12.8. The first-order valence-corrected chi connectivity index (χ1v) is 8.21. The molecular formula is C18H19F3N4O2. The van der Waals surface area contributed by atoms with Crippen molar-refractivity contribution in [2.45, 2.75) is 26.2 Å². The molecule has 0 bridgehead atoms. The molecular weight excluding hydrogens is 361 g/mol. The van der Waals surface area contributed by atoms with E-state index in [0.717, 1.165) is 17.7 Å². The summed E-state index contributed by atoms with van der Waals surface area (Å²) in [6.07, 6.45) is -4.36. The molecule has 0 aliphatic carbocycles. The summed E-state index contributed by atoms with van der Waals surface area (Å²) in [6.45, 7) is 3.12. The van der Waals surface area contributed by atoms with Crippen molar-refractivity contribution in [2.24, 2.45) is 4.99 Å². The van der Waals surface area contributed by atoms with Gasteiger partial charge in [-0.15, -0.1) is 0 Å². The van der Waals surface area contributed by atoms with Crippen LogP contribution < -0.4 is 10.6 Å². The van der Waals surface area contributed by atoms with E-state index in [1.165, 1.54) is 24.3 Å². The summed E-state index contributed by atoms with van der Waals surface area (Å²) in [6, 6.07) is 11.0. The van der Waals surface area contributed by atoms with Gasteiger partial charge >= 0.3 is 6.18 Å². The molecule has 0 saturated heterocycles. The minimum absolute atomic E-state index is 0.0154. The molecule has 9 heteroatoms. The highest BCUT2D eigenvalue weighted by Gasteiger charge is 2.29. The number of non-ortho nitro benzene ring substituents is 1. The highest BCUT2D eigenvalue weighted by atomic mass is 19.4. The maximum Gasteiger partial charge on any atom is 0.416 e. The largest absolute Gasteiger partial charge is 0.416 e. The summed E-state index contributed by atoms with van der Waals surface area (Å²) in [7, 11) is 0. The van der Waals surface area contributed by atoms with E-state index < -0.39 is 16.7 Å². The van der Waals surface area contributed by atoms with Gasteiger partial charge in [-0.3, -0.25) is 10.1 Å². The zero-order valence-electron chi connectivity index (χ0n) is 14.6. The molecule has 2 aromatic carbocycles. The molecule has 0 saturated carbocycles. The molecule has 0 aromatic heterocycles. The Hall–Kier alpha value is -3.10. The predicted molar refractivity (Wildman–Crippen MR) is 96.2 cm³/mol. The fourth-order valence-electron chi connectivity index (χ4n) is 2.23. The number of aliphatic imine (C=N–C) groups is 1. The van der Waals surface area contributed by atoms with Gasteiger partial charge in [-0.2, -0.15) is 13.2 Å². The van der Waals surface area contributed by atoms with Crippen LogP contribution in [0.3, 0.4) is 0 Å². The monoisotopic (exact) mass is 380 g/mol. The Kier molecular flexibility index (Phi) is 6.75. The summed E-state index contributed by atoms with van der Waals surface area (Å²) in [5, 5.41) is 16.8. The molecule has 0 atom stereocenters. The van der Waals surface area contributed by atoms with Gasteiger partial charge in [0.2, 0.25) is 0 Å². The Bertz CT molecular complexity index is 788. The highest BCUT2D eigenvalue weighted by molar-refractivity contribution is 5.79. The van der Waals surface area contributed by atoms with Crippen LogP contribution in [0.25, 0.3) is 0 Å². The van der Waals surface area contributed by atoms with E-state index in [1.54, 1.807) is 12.1 Å². The Morgan fingerprint density at radius 2 is 1.63 bits per heavy atom. The number of hydrogen-bond acceptors (Lipinski definition) is 3. The third-order valence-corrected chi connectivity index (χ3v) is 3.65. The number of rotatable bonds is 6. The molecule has 0 unspecified atom stereocenters. The van der Waals surface area contributed by atoms with Gasteiger partial charge in [0.05, 0.1) is 17.0 Å². The molecule has 0 radical (unpaired) electrons. The van der Waals surface area contributed by atoms with Gasteiger partial charge in [-0.25, -0.2) is 4.99 Å². The van der Waals surface area contributed by atoms with E-state index in [-0.39, 0.29) is 12.2 Å². The molecule has 27 heavy (non-hydrogen) atoms. The number of alkyl halides is 3. The lowest BCUT2D eigenvalue weighted by atomic mass is 10.1. The molecule has 6 nitrogen and oxygen atoms in total. The molecule has 2 aromatic rings. The van der Waals surface area contributed by atoms with Crippen molar-refractivity contribution in [3.8, 4) is 0 Å². The van der Waals surface area contributed by atoms with Crippen LogP contribution in [-0.4, -0.2) is 17.4 Å². The number of hydrogen-bond donors (Lipinski definition) is 2. The molecule has 0 aliphatic rings. The Morgan fingerprint density at radius 1 is 1.04 bits per heavy atom. The van der Waals surface area contributed by atoms with Crippen LogP contribution in [-0.2, 0) is 19.3 Å². The third-order valence-electron chi connectivity index (χ3n) is 3.65. The highest BCUT2D eigenvalue weighted by Crippen LogP contribution is 2.29. The fourth-order valence-corrected chi connectivity index (χ4v) is 2.23. The predicted octanol–water partition coefficient (Wildman–Crippen LogP) is 3.87. The van der Waals surface area contributed by atoms with Crippen LogP contribution in [0.4, 0.5) is 18.9 Å². The molecule has 0 fully saturated rings. The van der Waals surface area contributed by atoms with Crippen molar-refractivity contribution in [1.29, 1.82) is 0 Å². The maximum absolute atomic E-state index is 12.6. The minimum Gasteiger partial charge on any atom is -0.357 e. The first kappa shape index (κ1) is 20.2. The van der Waals surface area contributed by atoms with Crippen LogP contribution in [0.2, 0.25) is 0 Å². The van der Waals surface area contributed by atoms with Gasteiger partial charge in [-0.05, 0) is 30.2 Å². The number of nitrogens with zero attached hydrogens (tertiary/aromatic N) is 2. The van der Waals surface area contributed by atoms with E-state index in [9.17, 15) is 23.3 Å². The van der Waals surface area contributed by atoms with Gasteiger partial charge in [0.1, 0.15) is 0 Å². The van der Waals surface area contributed by atoms with Crippen molar-refractivity contribution >= 4 is 11.6 Å². The fraction of sp³-hybridized carbons (Fsp3) is 0.278. The number of halogens is 3. The topological polar surface area (TPSA) is 79.6 Å². The number of nitro benzene ring substituents is 1. The number of guanidine groups is 1. The number of benzene rings is 2. The Labute approximate surface area is 154 Å². The third kappa shape index (κ3) is 6.28. The minimum atomic E-state index is -4.36. The van der Waals surface area contributed by atoms with Crippen molar-refractivity contribution in [3.63, 3.8) is 0 Å². The lowest BCUT2D eigenvalue weighted by molar-refractivity contribution is -0.384. The normalized spacial score (nSPS) is 11.9. The average Bonchev–Trinajstić information content (AvgIpc) is 2.64. The molecule has 0 heterocycles. The van der Waals surface area contributed by atoms with E-state index in [0.29, 0.717) is 24.6 Å². The van der Waals surface area contributed by atoms with Crippen molar-refractivity contribution in [2.75, 3.05) is 6.54 Å². The Morgan fingerprint density at radius 3 is 2.15 bits per heavy atom.